The van der Waals surface area contributed by atoms with Crippen molar-refractivity contribution in [2.24, 2.45) is 0 Å². The van der Waals surface area contributed by atoms with Gasteiger partial charge < -0.3 is 14.7 Å². The van der Waals surface area contributed by atoms with Gasteiger partial charge in [-0.2, -0.15) is 0 Å². The topological polar surface area (TPSA) is 49.8 Å². The molecule has 1 aromatic carbocycles. The first-order valence-corrected chi connectivity index (χ1v) is 6.30. The van der Waals surface area contributed by atoms with Gasteiger partial charge in [-0.1, -0.05) is 6.07 Å². The SMILES string of the molecule is CN(CCO)C(=O)COc1ccc2c(c1)CCC2. The molecule has 0 bridgehead atoms. The molecule has 98 valence electrons. The van der Waals surface area contributed by atoms with Crippen LogP contribution in [0.4, 0.5) is 0 Å². The highest BCUT2D eigenvalue weighted by Crippen LogP contribution is 2.25. The maximum absolute atomic E-state index is 11.6. The normalized spacial score (nSPS) is 13.2. The molecule has 2 rings (SSSR count). The average molecular weight is 249 g/mol. The number of aliphatic hydroxyl groups excluding tert-OH is 1. The zero-order chi connectivity index (χ0) is 13.0. The van der Waals surface area contributed by atoms with Gasteiger partial charge in [-0.25, -0.2) is 0 Å². The van der Waals surface area contributed by atoms with E-state index in [9.17, 15) is 4.79 Å². The van der Waals surface area contributed by atoms with E-state index in [1.54, 1.807) is 7.05 Å². The van der Waals surface area contributed by atoms with Crippen molar-refractivity contribution in [2.75, 3.05) is 26.8 Å². The molecule has 0 aromatic heterocycles. The molecule has 0 saturated heterocycles. The summed E-state index contributed by atoms with van der Waals surface area (Å²) in [5.41, 5.74) is 2.73. The lowest BCUT2D eigenvalue weighted by molar-refractivity contribution is -0.132. The maximum Gasteiger partial charge on any atom is 0.260 e. The van der Waals surface area contributed by atoms with Gasteiger partial charge >= 0.3 is 0 Å². The van der Waals surface area contributed by atoms with Crippen LogP contribution < -0.4 is 4.74 Å². The van der Waals surface area contributed by atoms with Crippen LogP contribution in [0.1, 0.15) is 17.5 Å². The summed E-state index contributed by atoms with van der Waals surface area (Å²) in [5.74, 6) is 0.631. The quantitative estimate of drug-likeness (QED) is 0.847. The Labute approximate surface area is 107 Å². The third-order valence-electron chi connectivity index (χ3n) is 3.29. The van der Waals surface area contributed by atoms with Crippen LogP contribution in [-0.2, 0) is 17.6 Å². The number of benzene rings is 1. The summed E-state index contributed by atoms with van der Waals surface area (Å²) in [6.45, 7) is 0.336. The first-order chi connectivity index (χ1) is 8.70. The van der Waals surface area contributed by atoms with Gasteiger partial charge in [0.05, 0.1) is 6.61 Å². The van der Waals surface area contributed by atoms with Crippen LogP contribution in [0, 0.1) is 0 Å². The fourth-order valence-corrected chi connectivity index (χ4v) is 2.17. The van der Waals surface area contributed by atoms with E-state index < -0.39 is 0 Å². The van der Waals surface area contributed by atoms with Crippen molar-refractivity contribution in [2.45, 2.75) is 19.3 Å². The minimum Gasteiger partial charge on any atom is -0.484 e. The Kier molecular flexibility index (Phi) is 4.20. The Morgan fingerprint density at radius 2 is 2.17 bits per heavy atom. The molecule has 4 nitrogen and oxygen atoms in total. The number of nitrogens with zero attached hydrogens (tertiary/aromatic N) is 1. The van der Waals surface area contributed by atoms with Gasteiger partial charge in [-0.05, 0) is 42.5 Å². The highest BCUT2D eigenvalue weighted by Gasteiger charge is 2.13. The fraction of sp³-hybridized carbons (Fsp3) is 0.500. The number of fused-ring (bicyclic) bond motifs is 1. The van der Waals surface area contributed by atoms with E-state index in [1.807, 2.05) is 12.1 Å². The highest BCUT2D eigenvalue weighted by atomic mass is 16.5. The monoisotopic (exact) mass is 249 g/mol. The van der Waals surface area contributed by atoms with Gasteiger partial charge in [-0.3, -0.25) is 4.79 Å². The average Bonchev–Trinajstić information content (AvgIpc) is 2.83. The third kappa shape index (κ3) is 3.01. The summed E-state index contributed by atoms with van der Waals surface area (Å²) in [6, 6.07) is 6.03. The molecule has 1 aliphatic carbocycles. The number of rotatable bonds is 5. The number of aryl methyl sites for hydroxylation is 2. The number of amides is 1. The summed E-state index contributed by atoms with van der Waals surface area (Å²) < 4.78 is 5.49. The number of likely N-dealkylation sites (N-methyl/N-ethyl adjacent to an activating group) is 1. The second-order valence-electron chi connectivity index (χ2n) is 4.61. The second-order valence-corrected chi connectivity index (χ2v) is 4.61. The predicted molar refractivity (Wildman–Crippen MR) is 68.7 cm³/mol. The molecule has 0 fully saturated rings. The van der Waals surface area contributed by atoms with Crippen LogP contribution in [0.2, 0.25) is 0 Å². The van der Waals surface area contributed by atoms with E-state index in [1.165, 1.54) is 22.4 Å². The van der Waals surface area contributed by atoms with E-state index in [-0.39, 0.29) is 19.1 Å². The molecular weight excluding hydrogens is 230 g/mol. The molecule has 0 aliphatic heterocycles. The van der Waals surface area contributed by atoms with E-state index in [0.717, 1.165) is 18.6 Å². The van der Waals surface area contributed by atoms with Crippen LogP contribution in [-0.4, -0.2) is 42.7 Å². The molecule has 0 atom stereocenters. The van der Waals surface area contributed by atoms with Crippen LogP contribution in [0.3, 0.4) is 0 Å². The summed E-state index contributed by atoms with van der Waals surface area (Å²) >= 11 is 0. The number of ether oxygens (including phenoxy) is 1. The molecule has 0 saturated carbocycles. The molecular formula is C14H19NO3. The van der Waals surface area contributed by atoms with Crippen molar-refractivity contribution >= 4 is 5.91 Å². The van der Waals surface area contributed by atoms with Crippen LogP contribution in [0.25, 0.3) is 0 Å². The van der Waals surface area contributed by atoms with E-state index in [2.05, 4.69) is 6.07 Å². The van der Waals surface area contributed by atoms with Crippen molar-refractivity contribution in [1.29, 1.82) is 0 Å². The van der Waals surface area contributed by atoms with Gasteiger partial charge in [0, 0.05) is 13.6 Å². The molecule has 0 unspecified atom stereocenters. The largest absolute Gasteiger partial charge is 0.484 e. The van der Waals surface area contributed by atoms with E-state index >= 15 is 0 Å². The number of hydrogen-bond donors (Lipinski definition) is 1. The summed E-state index contributed by atoms with van der Waals surface area (Å²) in [5, 5.41) is 8.74. The first-order valence-electron chi connectivity index (χ1n) is 6.30. The molecule has 1 amide bonds. The molecule has 1 N–H and O–H groups in total. The molecule has 0 heterocycles. The van der Waals surface area contributed by atoms with Crippen molar-refractivity contribution in [3.8, 4) is 5.75 Å². The molecule has 1 aliphatic rings. The minimum atomic E-state index is -0.121. The molecule has 1 aromatic rings. The standard InChI is InChI=1S/C14H19NO3/c1-15(7-8-16)14(17)10-18-13-6-5-11-3-2-4-12(11)9-13/h5-6,9,16H,2-4,7-8,10H2,1H3. The fourth-order valence-electron chi connectivity index (χ4n) is 2.17. The van der Waals surface area contributed by atoms with Gasteiger partial charge in [0.2, 0.25) is 0 Å². The highest BCUT2D eigenvalue weighted by molar-refractivity contribution is 5.77. The smallest absolute Gasteiger partial charge is 0.260 e. The van der Waals surface area contributed by atoms with E-state index in [4.69, 9.17) is 9.84 Å². The third-order valence-corrected chi connectivity index (χ3v) is 3.29. The Balaban J connectivity index is 1.88. The van der Waals surface area contributed by atoms with Gasteiger partial charge in [0.25, 0.3) is 5.91 Å². The molecule has 18 heavy (non-hydrogen) atoms. The Morgan fingerprint density at radius 3 is 2.94 bits per heavy atom. The zero-order valence-electron chi connectivity index (χ0n) is 10.7. The number of carbonyl (C=O) groups is 1. The second kappa shape index (κ2) is 5.87. The van der Waals surface area contributed by atoms with Crippen LogP contribution in [0.15, 0.2) is 18.2 Å². The lowest BCUT2D eigenvalue weighted by Crippen LogP contribution is -2.33. The number of carbonyl (C=O) groups excluding carboxylic acids is 1. The molecule has 4 heteroatoms. The predicted octanol–water partition coefficient (Wildman–Crippen LogP) is 1.00. The van der Waals surface area contributed by atoms with Gasteiger partial charge in [0.1, 0.15) is 5.75 Å². The summed E-state index contributed by atoms with van der Waals surface area (Å²) in [7, 11) is 1.66. The van der Waals surface area contributed by atoms with E-state index in [0.29, 0.717) is 6.54 Å². The van der Waals surface area contributed by atoms with Crippen LogP contribution >= 0.6 is 0 Å². The van der Waals surface area contributed by atoms with Gasteiger partial charge in [-0.15, -0.1) is 0 Å². The summed E-state index contributed by atoms with van der Waals surface area (Å²) in [4.78, 5) is 13.1. The number of hydrogen-bond acceptors (Lipinski definition) is 3. The molecule has 0 radical (unpaired) electrons. The van der Waals surface area contributed by atoms with Crippen molar-refractivity contribution < 1.29 is 14.6 Å². The lowest BCUT2D eigenvalue weighted by atomic mass is 10.1. The Bertz CT molecular complexity index is 431. The maximum atomic E-state index is 11.6. The van der Waals surface area contributed by atoms with Crippen LogP contribution in [0.5, 0.6) is 5.75 Å². The molecule has 0 spiro atoms. The van der Waals surface area contributed by atoms with Gasteiger partial charge in [0.15, 0.2) is 6.61 Å². The van der Waals surface area contributed by atoms with Crippen molar-refractivity contribution in [3.63, 3.8) is 0 Å². The van der Waals surface area contributed by atoms with Crippen molar-refractivity contribution in [3.05, 3.63) is 29.3 Å². The summed E-state index contributed by atoms with van der Waals surface area (Å²) in [6.07, 6.45) is 3.45. The van der Waals surface area contributed by atoms with Crippen molar-refractivity contribution in [1.82, 2.24) is 4.90 Å². The minimum absolute atomic E-state index is 0.0231. The zero-order valence-corrected chi connectivity index (χ0v) is 10.7. The Morgan fingerprint density at radius 1 is 1.39 bits per heavy atom. The Hall–Kier alpha value is -1.55. The lowest BCUT2D eigenvalue weighted by Gasteiger charge is -2.16. The first kappa shape index (κ1) is 12.9. The number of aliphatic hydroxyl groups is 1.